The van der Waals surface area contributed by atoms with Crippen LogP contribution in [-0.2, 0) is 38.0 Å². The van der Waals surface area contributed by atoms with Crippen molar-refractivity contribution in [2.45, 2.75) is 44.7 Å². The van der Waals surface area contributed by atoms with Crippen LogP contribution in [0.15, 0.2) is 95.1 Å². The molecule has 4 aromatic heterocycles. The second kappa shape index (κ2) is 14.2. The summed E-state index contributed by atoms with van der Waals surface area (Å²) in [6.07, 6.45) is 8.33. The summed E-state index contributed by atoms with van der Waals surface area (Å²) in [5.41, 5.74) is 4.34. The molecular formula is C36H35ClN8O5. The van der Waals surface area contributed by atoms with Gasteiger partial charge < -0.3 is 19.6 Å². The molecule has 0 aliphatic carbocycles. The molecule has 5 heterocycles. The van der Waals surface area contributed by atoms with Crippen molar-refractivity contribution in [1.82, 2.24) is 39.5 Å². The number of ether oxygens (including phenoxy) is 1. The molecule has 0 bridgehead atoms. The van der Waals surface area contributed by atoms with Crippen molar-refractivity contribution < 1.29 is 19.1 Å². The second-order valence-corrected chi connectivity index (χ2v) is 12.9. The van der Waals surface area contributed by atoms with Gasteiger partial charge >= 0.3 is 6.09 Å². The number of piperidine rings is 1. The maximum atomic E-state index is 13.6. The fraction of sp³-hybridized carbons (Fsp3) is 0.278. The number of amides is 1. The number of rotatable bonds is 10. The molecule has 2 aromatic carbocycles. The van der Waals surface area contributed by atoms with Crippen molar-refractivity contribution in [1.29, 1.82) is 0 Å². The molecular weight excluding hydrogens is 660 g/mol. The quantitative estimate of drug-likeness (QED) is 0.201. The summed E-state index contributed by atoms with van der Waals surface area (Å²) in [5.74, 6) is 0.656. The van der Waals surface area contributed by atoms with E-state index in [0.29, 0.717) is 61.0 Å². The van der Waals surface area contributed by atoms with Crippen LogP contribution in [0.2, 0.25) is 5.02 Å². The number of fused-ring (bicyclic) bond motifs is 1. The van der Waals surface area contributed by atoms with Crippen molar-refractivity contribution in [3.8, 4) is 22.6 Å². The third kappa shape index (κ3) is 7.30. The smallest absolute Gasteiger partial charge is 0.407 e. The highest BCUT2D eigenvalue weighted by Gasteiger charge is 2.33. The van der Waals surface area contributed by atoms with Crippen LogP contribution in [0.1, 0.15) is 29.5 Å². The van der Waals surface area contributed by atoms with Gasteiger partial charge in [-0.15, -0.1) is 0 Å². The van der Waals surface area contributed by atoms with Crippen molar-refractivity contribution in [2.75, 3.05) is 13.1 Å². The van der Waals surface area contributed by atoms with Gasteiger partial charge in [-0.25, -0.2) is 14.8 Å². The second-order valence-electron chi connectivity index (χ2n) is 12.5. The van der Waals surface area contributed by atoms with Gasteiger partial charge in [0.05, 0.1) is 30.4 Å². The number of aromatic nitrogens is 6. The number of oxazole rings is 1. The Hall–Kier alpha value is -5.37. The molecule has 14 heteroatoms. The number of carbonyl (C=O) groups excluding carboxylic acids is 1. The molecule has 0 atom stereocenters. The first-order valence-electron chi connectivity index (χ1n) is 16.2. The Bertz CT molecular complexity index is 2160. The molecule has 0 saturated carbocycles. The Morgan fingerprint density at radius 3 is 2.56 bits per heavy atom. The lowest BCUT2D eigenvalue weighted by atomic mass is 9.91. The van der Waals surface area contributed by atoms with Gasteiger partial charge in [0.15, 0.2) is 17.7 Å². The number of alkyl carbamates (subject to hydrolysis) is 1. The standard InChI is InChI=1S/C36H35ClN8O5/c1-43-33(26-6-4-24(5-7-26)20-49-35(47)40-17-25-3-2-12-38-16-25)31-32(42-43)34(46)45(22-41-31)21-36(48)10-13-44(14-11-36)19-28-9-8-27(15-29(28)37)30-18-39-23-50-30/h2-9,12,15-16,18,22-23,48H,10-11,13-14,17,19-21H2,1H3,(H,40,47). The third-order valence-corrected chi connectivity index (χ3v) is 9.34. The first-order chi connectivity index (χ1) is 24.2. The van der Waals surface area contributed by atoms with E-state index in [0.717, 1.165) is 27.8 Å². The topological polar surface area (TPSA) is 153 Å². The van der Waals surface area contributed by atoms with Crippen LogP contribution < -0.4 is 10.9 Å². The first-order valence-corrected chi connectivity index (χ1v) is 16.6. The lowest BCUT2D eigenvalue weighted by Crippen LogP contribution is -2.47. The van der Waals surface area contributed by atoms with Gasteiger partial charge in [0.25, 0.3) is 5.56 Å². The minimum atomic E-state index is -1.07. The summed E-state index contributed by atoms with van der Waals surface area (Å²) in [6, 6.07) is 17.0. The molecule has 50 heavy (non-hydrogen) atoms. The van der Waals surface area contributed by atoms with E-state index in [1.165, 1.54) is 17.3 Å². The number of nitrogens with one attached hydrogen (secondary N) is 1. The number of hydrogen-bond donors (Lipinski definition) is 2. The molecule has 0 unspecified atom stereocenters. The SMILES string of the molecule is Cn1nc2c(=O)n(CC3(O)CCN(Cc4ccc(-c5cnco5)cc4Cl)CC3)cnc2c1-c1ccc(COC(=O)NCc2cccnc2)cc1. The number of aliphatic hydroxyl groups is 1. The third-order valence-electron chi connectivity index (χ3n) is 8.98. The molecule has 0 spiro atoms. The molecule has 1 fully saturated rings. The van der Waals surface area contributed by atoms with Gasteiger partial charge in [0.2, 0.25) is 0 Å². The average Bonchev–Trinajstić information content (AvgIpc) is 3.79. The van der Waals surface area contributed by atoms with Crippen molar-refractivity contribution >= 4 is 28.7 Å². The normalized spacial score (nSPS) is 14.5. The molecule has 1 aliphatic rings. The van der Waals surface area contributed by atoms with Crippen LogP contribution in [0.3, 0.4) is 0 Å². The van der Waals surface area contributed by atoms with E-state index in [-0.39, 0.29) is 24.2 Å². The highest BCUT2D eigenvalue weighted by Crippen LogP contribution is 2.30. The molecule has 6 aromatic rings. The van der Waals surface area contributed by atoms with Gasteiger partial charge in [-0.2, -0.15) is 5.10 Å². The van der Waals surface area contributed by atoms with Gasteiger partial charge in [-0.05, 0) is 41.7 Å². The predicted molar refractivity (Wildman–Crippen MR) is 186 cm³/mol. The molecule has 1 aliphatic heterocycles. The summed E-state index contributed by atoms with van der Waals surface area (Å²) in [4.78, 5) is 40.6. The predicted octanol–water partition coefficient (Wildman–Crippen LogP) is 4.95. The maximum Gasteiger partial charge on any atom is 0.407 e. The number of carbonyl (C=O) groups is 1. The Labute approximate surface area is 292 Å². The van der Waals surface area contributed by atoms with E-state index < -0.39 is 11.7 Å². The molecule has 1 saturated heterocycles. The van der Waals surface area contributed by atoms with Gasteiger partial charge in [-0.1, -0.05) is 54.1 Å². The molecule has 13 nitrogen and oxygen atoms in total. The number of likely N-dealkylation sites (tertiary alicyclic amines) is 1. The van der Waals surface area contributed by atoms with Crippen LogP contribution >= 0.6 is 11.6 Å². The van der Waals surface area contributed by atoms with Crippen LogP contribution in [-0.4, -0.2) is 64.1 Å². The highest BCUT2D eigenvalue weighted by molar-refractivity contribution is 6.31. The zero-order chi connectivity index (χ0) is 34.7. The van der Waals surface area contributed by atoms with E-state index in [1.807, 2.05) is 48.5 Å². The minimum Gasteiger partial charge on any atom is -0.445 e. The fourth-order valence-corrected chi connectivity index (χ4v) is 6.44. The number of pyridine rings is 1. The van der Waals surface area contributed by atoms with E-state index in [1.54, 1.807) is 36.4 Å². The van der Waals surface area contributed by atoms with Crippen molar-refractivity contribution in [2.24, 2.45) is 7.05 Å². The number of halogens is 1. The Kier molecular flexibility index (Phi) is 9.44. The van der Waals surface area contributed by atoms with E-state index in [4.69, 9.17) is 20.8 Å². The summed E-state index contributed by atoms with van der Waals surface area (Å²) in [5, 5.41) is 19.4. The lowest BCUT2D eigenvalue weighted by molar-refractivity contribution is -0.0364. The van der Waals surface area contributed by atoms with Crippen LogP contribution in [0.4, 0.5) is 4.79 Å². The fourth-order valence-electron chi connectivity index (χ4n) is 6.20. The molecule has 256 valence electrons. The zero-order valence-electron chi connectivity index (χ0n) is 27.3. The summed E-state index contributed by atoms with van der Waals surface area (Å²) in [7, 11) is 1.77. The molecule has 2 N–H and O–H groups in total. The minimum absolute atomic E-state index is 0.0976. The molecule has 1 amide bonds. The Morgan fingerprint density at radius 1 is 1.04 bits per heavy atom. The van der Waals surface area contributed by atoms with E-state index in [9.17, 15) is 14.7 Å². The maximum absolute atomic E-state index is 13.6. The van der Waals surface area contributed by atoms with E-state index in [2.05, 4.69) is 30.3 Å². The van der Waals surface area contributed by atoms with Crippen molar-refractivity contribution in [3.05, 3.63) is 118 Å². The van der Waals surface area contributed by atoms with Crippen LogP contribution in [0.25, 0.3) is 33.6 Å². The number of nitrogens with zero attached hydrogens (tertiary/aromatic N) is 7. The lowest BCUT2D eigenvalue weighted by Gasteiger charge is -2.38. The molecule has 7 rings (SSSR count). The largest absolute Gasteiger partial charge is 0.445 e. The van der Waals surface area contributed by atoms with Gasteiger partial charge in [-0.3, -0.25) is 23.9 Å². The molecule has 0 radical (unpaired) electrons. The van der Waals surface area contributed by atoms with E-state index >= 15 is 0 Å². The summed E-state index contributed by atoms with van der Waals surface area (Å²) < 4.78 is 13.8. The first kappa shape index (κ1) is 33.1. The van der Waals surface area contributed by atoms with Crippen LogP contribution in [0, 0.1) is 0 Å². The average molecular weight is 695 g/mol. The van der Waals surface area contributed by atoms with Crippen molar-refractivity contribution in [3.63, 3.8) is 0 Å². The summed E-state index contributed by atoms with van der Waals surface area (Å²) in [6.45, 7) is 2.47. The number of hydrogen-bond acceptors (Lipinski definition) is 10. The Balaban J connectivity index is 0.964. The monoisotopic (exact) mass is 694 g/mol. The Morgan fingerprint density at radius 2 is 1.84 bits per heavy atom. The number of aryl methyl sites for hydroxylation is 1. The highest BCUT2D eigenvalue weighted by atomic mass is 35.5. The van der Waals surface area contributed by atoms with Gasteiger partial charge in [0.1, 0.15) is 12.1 Å². The summed E-state index contributed by atoms with van der Waals surface area (Å²) >= 11 is 6.59. The van der Waals surface area contributed by atoms with Crippen LogP contribution in [0.5, 0.6) is 0 Å². The number of benzene rings is 2. The van der Waals surface area contributed by atoms with Gasteiger partial charge in [0, 0.05) is 61.8 Å². The zero-order valence-corrected chi connectivity index (χ0v) is 28.1.